The first-order valence-electron chi connectivity index (χ1n) is 9.96. The monoisotopic (exact) mass is 449 g/mol. The fourth-order valence-corrected chi connectivity index (χ4v) is 3.96. The summed E-state index contributed by atoms with van der Waals surface area (Å²) in [5, 5.41) is 0. The molecule has 1 fully saturated rings. The number of benzene rings is 2. The molecule has 0 unspecified atom stereocenters. The number of methoxy groups -OCH3 is 1. The second-order valence-corrected chi connectivity index (χ2v) is 8.13. The van der Waals surface area contributed by atoms with Crippen molar-refractivity contribution < 1.29 is 9.47 Å². The molecule has 3 nitrogen and oxygen atoms in total. The molecular weight excluding hydrogens is 426 g/mol. The highest BCUT2D eigenvalue weighted by atomic mass is 79.9. The number of hydrogen-bond acceptors (Lipinski definition) is 3. The van der Waals surface area contributed by atoms with Gasteiger partial charge in [-0.25, -0.2) is 0 Å². The number of ether oxygens (including phenoxy) is 2. The van der Waals surface area contributed by atoms with Gasteiger partial charge in [-0.2, -0.15) is 0 Å². The van der Waals surface area contributed by atoms with E-state index >= 15 is 0 Å². The van der Waals surface area contributed by atoms with Gasteiger partial charge >= 0.3 is 0 Å². The van der Waals surface area contributed by atoms with Crippen molar-refractivity contribution >= 4 is 27.6 Å². The SMILES string of the molecule is COc1ccc(C(=Cc2ccccn2)c2ccc(Br)cc2)cc1OC1CCCC1. The van der Waals surface area contributed by atoms with Crippen molar-refractivity contribution in [3.8, 4) is 11.5 Å². The van der Waals surface area contributed by atoms with Gasteiger partial charge in [0.2, 0.25) is 0 Å². The summed E-state index contributed by atoms with van der Waals surface area (Å²) in [5.74, 6) is 1.58. The minimum atomic E-state index is 0.273. The molecule has 0 radical (unpaired) electrons. The maximum atomic E-state index is 6.32. The summed E-state index contributed by atoms with van der Waals surface area (Å²) in [5.41, 5.74) is 4.21. The molecule has 4 heteroatoms. The van der Waals surface area contributed by atoms with Crippen LogP contribution in [0.15, 0.2) is 71.3 Å². The molecule has 1 heterocycles. The predicted octanol–water partition coefficient (Wildman–Crippen LogP) is 6.76. The second-order valence-electron chi connectivity index (χ2n) is 7.21. The first kappa shape index (κ1) is 19.7. The highest BCUT2D eigenvalue weighted by Crippen LogP contribution is 2.36. The van der Waals surface area contributed by atoms with Crippen LogP contribution in [0.2, 0.25) is 0 Å². The quantitative estimate of drug-likeness (QED) is 0.416. The van der Waals surface area contributed by atoms with Crippen molar-refractivity contribution in [1.29, 1.82) is 0 Å². The Labute approximate surface area is 180 Å². The van der Waals surface area contributed by atoms with E-state index in [-0.39, 0.29) is 6.10 Å². The van der Waals surface area contributed by atoms with Gasteiger partial charge in [0.05, 0.1) is 18.9 Å². The van der Waals surface area contributed by atoms with Gasteiger partial charge in [-0.1, -0.05) is 40.2 Å². The third kappa shape index (κ3) is 4.88. The Morgan fingerprint density at radius 1 is 0.966 bits per heavy atom. The van der Waals surface area contributed by atoms with Crippen LogP contribution in [-0.2, 0) is 0 Å². The van der Waals surface area contributed by atoms with Crippen LogP contribution in [0.1, 0.15) is 42.5 Å². The summed E-state index contributed by atoms with van der Waals surface area (Å²) >= 11 is 3.53. The molecule has 0 bridgehead atoms. The number of aromatic nitrogens is 1. The zero-order valence-corrected chi connectivity index (χ0v) is 18.1. The van der Waals surface area contributed by atoms with Crippen LogP contribution in [0.4, 0.5) is 0 Å². The van der Waals surface area contributed by atoms with Crippen molar-refractivity contribution in [3.63, 3.8) is 0 Å². The Morgan fingerprint density at radius 3 is 2.41 bits per heavy atom. The molecule has 4 rings (SSSR count). The van der Waals surface area contributed by atoms with Crippen molar-refractivity contribution in [3.05, 3.63) is 88.2 Å². The van der Waals surface area contributed by atoms with Crippen LogP contribution >= 0.6 is 15.9 Å². The van der Waals surface area contributed by atoms with E-state index in [9.17, 15) is 0 Å². The van der Waals surface area contributed by atoms with Gasteiger partial charge < -0.3 is 9.47 Å². The van der Waals surface area contributed by atoms with Crippen LogP contribution in [0.5, 0.6) is 11.5 Å². The lowest BCUT2D eigenvalue weighted by Crippen LogP contribution is -2.11. The number of pyridine rings is 1. The van der Waals surface area contributed by atoms with E-state index in [0.717, 1.165) is 51.2 Å². The molecule has 0 N–H and O–H groups in total. The lowest BCUT2D eigenvalue weighted by atomic mass is 9.96. The van der Waals surface area contributed by atoms with Gasteiger partial charge in [0.15, 0.2) is 11.5 Å². The third-order valence-electron chi connectivity index (χ3n) is 5.21. The largest absolute Gasteiger partial charge is 0.493 e. The molecule has 0 saturated heterocycles. The maximum Gasteiger partial charge on any atom is 0.162 e. The zero-order chi connectivity index (χ0) is 20.1. The fourth-order valence-electron chi connectivity index (χ4n) is 3.69. The first-order valence-corrected chi connectivity index (χ1v) is 10.8. The van der Waals surface area contributed by atoms with E-state index in [1.54, 1.807) is 7.11 Å². The van der Waals surface area contributed by atoms with Gasteiger partial charge in [0.1, 0.15) is 0 Å². The minimum Gasteiger partial charge on any atom is -0.493 e. The number of halogens is 1. The average Bonchev–Trinajstić information content (AvgIpc) is 3.27. The first-order chi connectivity index (χ1) is 14.2. The van der Waals surface area contributed by atoms with Crippen molar-refractivity contribution in [1.82, 2.24) is 4.98 Å². The predicted molar refractivity (Wildman–Crippen MR) is 121 cm³/mol. The van der Waals surface area contributed by atoms with E-state index < -0.39 is 0 Å². The van der Waals surface area contributed by atoms with Crippen molar-refractivity contribution in [2.45, 2.75) is 31.8 Å². The van der Waals surface area contributed by atoms with E-state index in [2.05, 4.69) is 63.4 Å². The van der Waals surface area contributed by atoms with Gasteiger partial charge in [0, 0.05) is 10.7 Å². The Balaban J connectivity index is 1.77. The summed E-state index contributed by atoms with van der Waals surface area (Å²) in [6.45, 7) is 0. The van der Waals surface area contributed by atoms with Crippen LogP contribution in [0, 0.1) is 0 Å². The molecule has 1 aliphatic carbocycles. The fraction of sp³-hybridized carbons (Fsp3) is 0.240. The normalized spacial score (nSPS) is 14.8. The molecule has 0 aliphatic heterocycles. The molecule has 0 amide bonds. The van der Waals surface area contributed by atoms with Gasteiger partial charge in [0.25, 0.3) is 0 Å². The summed E-state index contributed by atoms with van der Waals surface area (Å²) in [4.78, 5) is 4.48. The number of hydrogen-bond donors (Lipinski definition) is 0. The van der Waals surface area contributed by atoms with Crippen molar-refractivity contribution in [2.24, 2.45) is 0 Å². The molecule has 0 atom stereocenters. The average molecular weight is 450 g/mol. The van der Waals surface area contributed by atoms with E-state index in [1.807, 2.05) is 30.5 Å². The Kier molecular flexibility index (Phi) is 6.30. The maximum absolute atomic E-state index is 6.32. The zero-order valence-electron chi connectivity index (χ0n) is 16.5. The highest BCUT2D eigenvalue weighted by molar-refractivity contribution is 9.10. The molecule has 148 valence electrons. The van der Waals surface area contributed by atoms with Crippen LogP contribution in [0.3, 0.4) is 0 Å². The van der Waals surface area contributed by atoms with Crippen LogP contribution in [-0.4, -0.2) is 18.2 Å². The Morgan fingerprint density at radius 2 is 1.72 bits per heavy atom. The van der Waals surface area contributed by atoms with Crippen LogP contribution < -0.4 is 9.47 Å². The summed E-state index contributed by atoms with van der Waals surface area (Å²) in [6.07, 6.45) is 8.88. The molecule has 2 aromatic carbocycles. The lowest BCUT2D eigenvalue weighted by molar-refractivity contribution is 0.201. The number of rotatable bonds is 6. The summed E-state index contributed by atoms with van der Waals surface area (Å²) in [7, 11) is 1.69. The highest BCUT2D eigenvalue weighted by Gasteiger charge is 2.19. The lowest BCUT2D eigenvalue weighted by Gasteiger charge is -2.18. The van der Waals surface area contributed by atoms with E-state index in [0.29, 0.717) is 0 Å². The molecule has 3 aromatic rings. The van der Waals surface area contributed by atoms with Gasteiger partial charge in [-0.15, -0.1) is 0 Å². The van der Waals surface area contributed by atoms with Gasteiger partial charge in [-0.3, -0.25) is 4.98 Å². The standard InChI is InChI=1S/C25H24BrNO2/c1-28-24-14-11-19(16-25(24)29-22-7-2-3-8-22)23(17-21-6-4-5-15-27-21)18-9-12-20(26)13-10-18/h4-6,9-17,22H,2-3,7-8H2,1H3. The van der Waals surface area contributed by atoms with Crippen molar-refractivity contribution in [2.75, 3.05) is 7.11 Å². The summed E-state index contributed by atoms with van der Waals surface area (Å²) in [6, 6.07) is 20.4. The summed E-state index contributed by atoms with van der Waals surface area (Å²) < 4.78 is 12.9. The molecule has 1 saturated carbocycles. The smallest absolute Gasteiger partial charge is 0.162 e. The molecule has 1 aliphatic rings. The molecule has 1 aromatic heterocycles. The molecule has 0 spiro atoms. The molecular formula is C25H24BrNO2. The van der Waals surface area contributed by atoms with Crippen LogP contribution in [0.25, 0.3) is 11.6 Å². The second kappa shape index (κ2) is 9.27. The molecule has 29 heavy (non-hydrogen) atoms. The Bertz CT molecular complexity index is 977. The number of nitrogens with zero attached hydrogens (tertiary/aromatic N) is 1. The van der Waals surface area contributed by atoms with E-state index in [1.165, 1.54) is 12.8 Å². The van der Waals surface area contributed by atoms with Gasteiger partial charge in [-0.05, 0) is 84.9 Å². The Hall–Kier alpha value is -2.59. The topological polar surface area (TPSA) is 31.4 Å². The third-order valence-corrected chi connectivity index (χ3v) is 5.73. The minimum absolute atomic E-state index is 0.273. The van der Waals surface area contributed by atoms with E-state index in [4.69, 9.17) is 9.47 Å².